The van der Waals surface area contributed by atoms with Crippen molar-refractivity contribution in [1.82, 2.24) is 0 Å². The van der Waals surface area contributed by atoms with Crippen molar-refractivity contribution in [3.8, 4) is 11.3 Å². The topological polar surface area (TPSA) is 13.1 Å². The zero-order chi connectivity index (χ0) is 6.97. The normalized spacial score (nSPS) is 10.5. The van der Waals surface area contributed by atoms with E-state index in [0.29, 0.717) is 0 Å². The second-order valence-corrected chi connectivity index (χ2v) is 2.87. The maximum atomic E-state index is 5.32. The van der Waals surface area contributed by atoms with Gasteiger partial charge in [0, 0.05) is 5.56 Å². The van der Waals surface area contributed by atoms with Gasteiger partial charge in [0.25, 0.3) is 0 Å². The molecule has 1 heterocycles. The van der Waals surface area contributed by atoms with Gasteiger partial charge in [-0.25, -0.2) is 0 Å². The van der Waals surface area contributed by atoms with Crippen LogP contribution in [-0.2, 0) is 0 Å². The molecule has 2 heteroatoms. The van der Waals surface area contributed by atoms with Gasteiger partial charge in [-0.1, -0.05) is 12.1 Å². The first-order valence-corrected chi connectivity index (χ1v) is 3.79. The number of rotatable bonds is 0. The first-order valence-electron chi connectivity index (χ1n) is 3.00. The second kappa shape index (κ2) is 2.13. The highest BCUT2D eigenvalue weighted by Crippen LogP contribution is 2.25. The fourth-order valence-electron chi connectivity index (χ4n) is 0.943. The molecular formula is C8H5BrO. The molecule has 0 atom stereocenters. The molecule has 2 rings (SSSR count). The maximum Gasteiger partial charge on any atom is 0.169 e. The summed E-state index contributed by atoms with van der Waals surface area (Å²) in [6.45, 7) is 0. The molecule has 0 saturated heterocycles. The Balaban J connectivity index is 2.75. The molecule has 0 aromatic heterocycles. The van der Waals surface area contributed by atoms with Crippen molar-refractivity contribution < 1.29 is 4.42 Å². The third-order valence-corrected chi connectivity index (χ3v) is 1.84. The van der Waals surface area contributed by atoms with E-state index < -0.39 is 0 Å². The van der Waals surface area contributed by atoms with E-state index in [0.717, 1.165) is 16.0 Å². The SMILES string of the molecule is Brc1ccc2cccc-2o1. The van der Waals surface area contributed by atoms with Crippen LogP contribution in [0.1, 0.15) is 0 Å². The summed E-state index contributed by atoms with van der Waals surface area (Å²) in [6.07, 6.45) is 0. The summed E-state index contributed by atoms with van der Waals surface area (Å²) in [7, 11) is 0. The van der Waals surface area contributed by atoms with Crippen LogP contribution in [0.15, 0.2) is 39.4 Å². The quantitative estimate of drug-likeness (QED) is 0.632. The van der Waals surface area contributed by atoms with Crippen LogP contribution in [0.2, 0.25) is 0 Å². The maximum absolute atomic E-state index is 5.32. The lowest BCUT2D eigenvalue weighted by Crippen LogP contribution is -1.70. The Morgan fingerprint density at radius 3 is 2.90 bits per heavy atom. The average molecular weight is 197 g/mol. The van der Waals surface area contributed by atoms with Crippen molar-refractivity contribution in [3.05, 3.63) is 35.0 Å². The zero-order valence-electron chi connectivity index (χ0n) is 5.17. The lowest BCUT2D eigenvalue weighted by atomic mass is 10.3. The van der Waals surface area contributed by atoms with Crippen molar-refractivity contribution in [2.75, 3.05) is 0 Å². The number of halogens is 1. The summed E-state index contributed by atoms with van der Waals surface area (Å²) in [5, 5.41) is 0. The van der Waals surface area contributed by atoms with Gasteiger partial charge in [-0.05, 0) is 34.1 Å². The summed E-state index contributed by atoms with van der Waals surface area (Å²) < 4.78 is 6.09. The van der Waals surface area contributed by atoms with E-state index in [2.05, 4.69) is 15.9 Å². The Kier molecular flexibility index (Phi) is 1.27. The highest BCUT2D eigenvalue weighted by Gasteiger charge is 2.02. The van der Waals surface area contributed by atoms with Crippen LogP contribution in [0.25, 0.3) is 11.3 Å². The van der Waals surface area contributed by atoms with Crippen LogP contribution < -0.4 is 0 Å². The lowest BCUT2D eigenvalue weighted by Gasteiger charge is -1.96. The van der Waals surface area contributed by atoms with E-state index in [1.807, 2.05) is 30.3 Å². The summed E-state index contributed by atoms with van der Waals surface area (Å²) in [5.41, 5.74) is 1.14. The monoisotopic (exact) mass is 196 g/mol. The fraction of sp³-hybridized carbons (Fsp3) is 0. The number of hydrogen-bond donors (Lipinski definition) is 0. The molecule has 0 aromatic rings. The predicted octanol–water partition coefficient (Wildman–Crippen LogP) is 3.15. The third kappa shape index (κ3) is 0.847. The summed E-state index contributed by atoms with van der Waals surface area (Å²) in [4.78, 5) is 0. The molecule has 0 N–H and O–H groups in total. The van der Waals surface area contributed by atoms with Gasteiger partial charge in [-0.2, -0.15) is 0 Å². The van der Waals surface area contributed by atoms with E-state index in [1.165, 1.54) is 0 Å². The minimum Gasteiger partial charge on any atom is -0.449 e. The standard InChI is InChI=1S/C8H5BrO/c9-8-5-4-6-2-1-3-7(6)10-8/h1-5H. The van der Waals surface area contributed by atoms with Gasteiger partial charge in [-0.15, -0.1) is 0 Å². The summed E-state index contributed by atoms with van der Waals surface area (Å²) >= 11 is 3.25. The van der Waals surface area contributed by atoms with Gasteiger partial charge in [0.2, 0.25) is 0 Å². The minimum atomic E-state index is 0.770. The Morgan fingerprint density at radius 1 is 1.10 bits per heavy atom. The molecule has 0 aromatic carbocycles. The van der Waals surface area contributed by atoms with Crippen molar-refractivity contribution >= 4 is 15.9 Å². The largest absolute Gasteiger partial charge is 0.449 e. The fourth-order valence-corrected chi connectivity index (χ4v) is 1.25. The lowest BCUT2D eigenvalue weighted by molar-refractivity contribution is 0.539. The van der Waals surface area contributed by atoms with E-state index in [-0.39, 0.29) is 0 Å². The molecule has 0 radical (unpaired) electrons. The van der Waals surface area contributed by atoms with Gasteiger partial charge in [-0.3, -0.25) is 0 Å². The van der Waals surface area contributed by atoms with Crippen LogP contribution in [-0.4, -0.2) is 0 Å². The van der Waals surface area contributed by atoms with Gasteiger partial charge in [0.05, 0.1) is 0 Å². The van der Waals surface area contributed by atoms with Crippen molar-refractivity contribution in [2.45, 2.75) is 0 Å². The van der Waals surface area contributed by atoms with Crippen LogP contribution >= 0.6 is 15.9 Å². The highest BCUT2D eigenvalue weighted by atomic mass is 79.9. The molecule has 0 unspecified atom stereocenters. The van der Waals surface area contributed by atoms with Crippen LogP contribution in [0.4, 0.5) is 0 Å². The second-order valence-electron chi connectivity index (χ2n) is 2.08. The van der Waals surface area contributed by atoms with Gasteiger partial charge >= 0.3 is 0 Å². The van der Waals surface area contributed by atoms with Gasteiger partial charge in [0.15, 0.2) is 4.67 Å². The molecule has 2 aliphatic rings. The van der Waals surface area contributed by atoms with Crippen molar-refractivity contribution in [2.24, 2.45) is 0 Å². The number of fused-ring (bicyclic) bond motifs is 1. The van der Waals surface area contributed by atoms with E-state index >= 15 is 0 Å². The van der Waals surface area contributed by atoms with Crippen LogP contribution in [0.3, 0.4) is 0 Å². The van der Waals surface area contributed by atoms with Crippen molar-refractivity contribution in [1.29, 1.82) is 0 Å². The zero-order valence-corrected chi connectivity index (χ0v) is 6.76. The number of hydrogen-bond acceptors (Lipinski definition) is 1. The van der Waals surface area contributed by atoms with E-state index in [1.54, 1.807) is 0 Å². The van der Waals surface area contributed by atoms with E-state index in [9.17, 15) is 0 Å². The first kappa shape index (κ1) is 5.98. The third-order valence-electron chi connectivity index (χ3n) is 1.41. The molecule has 0 fully saturated rings. The molecule has 1 aliphatic carbocycles. The summed E-state index contributed by atoms with van der Waals surface area (Å²) in [5.74, 6) is 0.925. The van der Waals surface area contributed by atoms with E-state index in [4.69, 9.17) is 4.42 Å². The average Bonchev–Trinajstić information content (AvgIpc) is 2.33. The Morgan fingerprint density at radius 2 is 2.00 bits per heavy atom. The highest BCUT2D eigenvalue weighted by molar-refractivity contribution is 9.10. The molecule has 50 valence electrons. The first-order chi connectivity index (χ1) is 4.86. The van der Waals surface area contributed by atoms with Crippen LogP contribution in [0.5, 0.6) is 0 Å². The molecule has 1 nitrogen and oxygen atoms in total. The Labute approximate surface area is 67.1 Å². The Bertz CT molecular complexity index is 313. The van der Waals surface area contributed by atoms with Gasteiger partial charge < -0.3 is 4.42 Å². The van der Waals surface area contributed by atoms with Gasteiger partial charge in [0.1, 0.15) is 5.76 Å². The predicted molar refractivity (Wildman–Crippen MR) is 43.0 cm³/mol. The molecule has 10 heavy (non-hydrogen) atoms. The Hall–Kier alpha value is -0.760. The smallest absolute Gasteiger partial charge is 0.169 e. The van der Waals surface area contributed by atoms with Crippen molar-refractivity contribution in [3.63, 3.8) is 0 Å². The molecule has 1 aliphatic heterocycles. The summed E-state index contributed by atoms with van der Waals surface area (Å²) in [6, 6.07) is 9.84. The molecule has 0 spiro atoms. The van der Waals surface area contributed by atoms with Crippen LogP contribution in [0, 0.1) is 0 Å². The molecule has 0 amide bonds. The molecule has 0 saturated carbocycles. The molecular weight excluding hydrogens is 192 g/mol. The molecule has 0 bridgehead atoms. The minimum absolute atomic E-state index is 0.770.